The number of aryl methyl sites for hydroxylation is 1. The van der Waals surface area contributed by atoms with Gasteiger partial charge in [-0.2, -0.15) is 0 Å². The van der Waals surface area contributed by atoms with Gasteiger partial charge < -0.3 is 34.3 Å². The van der Waals surface area contributed by atoms with Crippen molar-refractivity contribution in [3.63, 3.8) is 0 Å². The smallest absolute Gasteiger partial charge is 0.198 e. The second kappa shape index (κ2) is 9.09. The molecule has 0 radical (unpaired) electrons. The van der Waals surface area contributed by atoms with Crippen molar-refractivity contribution in [1.82, 2.24) is 0 Å². The average molecular weight is 561 g/mol. The van der Waals surface area contributed by atoms with Crippen LogP contribution in [-0.4, -0.2) is 69.5 Å². The fourth-order valence-corrected chi connectivity index (χ4v) is 6.58. The molecule has 0 unspecified atom stereocenters. The molecule has 7 rings (SSSR count). The Morgan fingerprint density at radius 1 is 0.780 bits per heavy atom. The summed E-state index contributed by atoms with van der Waals surface area (Å²) in [6.45, 7) is 5.23. The lowest BCUT2D eigenvalue weighted by Gasteiger charge is -2.49. The lowest BCUT2D eigenvalue weighted by Crippen LogP contribution is -2.60. The lowest BCUT2D eigenvalue weighted by molar-refractivity contribution is -0.347. The van der Waals surface area contributed by atoms with Gasteiger partial charge in [-0.15, -0.1) is 0 Å². The number of fused-ring (bicyclic) bond motifs is 5. The summed E-state index contributed by atoms with van der Waals surface area (Å²) in [6.07, 6.45) is -3.46. The van der Waals surface area contributed by atoms with Gasteiger partial charge in [-0.3, -0.25) is 14.4 Å². The highest BCUT2D eigenvalue weighted by atomic mass is 16.7. The van der Waals surface area contributed by atoms with Gasteiger partial charge in [0, 0.05) is 40.3 Å². The molecule has 3 aromatic carbocycles. The average Bonchev–Trinajstić information content (AvgIpc) is 2.92. The number of hydrogen-bond acceptors (Lipinski definition) is 10. The van der Waals surface area contributed by atoms with E-state index in [0.29, 0.717) is 11.1 Å². The highest BCUT2D eigenvalue weighted by Crippen LogP contribution is 2.47. The molecule has 3 N–H and O–H groups in total. The number of ketones is 3. The maximum absolute atomic E-state index is 13.8. The third kappa shape index (κ3) is 3.82. The molecule has 10 heteroatoms. The summed E-state index contributed by atoms with van der Waals surface area (Å²) in [7, 11) is 0. The monoisotopic (exact) mass is 560 g/mol. The summed E-state index contributed by atoms with van der Waals surface area (Å²) in [4.78, 5) is 39.5. The molecule has 1 aliphatic carbocycles. The van der Waals surface area contributed by atoms with E-state index in [4.69, 9.17) is 18.9 Å². The van der Waals surface area contributed by atoms with Gasteiger partial charge in [0.25, 0.3) is 0 Å². The van der Waals surface area contributed by atoms with E-state index in [2.05, 4.69) is 0 Å². The number of benzene rings is 3. The van der Waals surface area contributed by atoms with Crippen molar-refractivity contribution < 1.29 is 48.7 Å². The van der Waals surface area contributed by atoms with Crippen molar-refractivity contribution in [1.29, 1.82) is 0 Å². The number of hydrogen-bond donors (Lipinski definition) is 3. The molecule has 0 saturated carbocycles. The normalized spacial score (nSPS) is 30.9. The zero-order valence-electron chi connectivity index (χ0n) is 22.5. The minimum absolute atomic E-state index is 0.0379. The SMILES string of the molecule is Cc1cc(O)c2cc3c(c(O)c2c1)C(=O)c1ccc([C@H]2C[C@H]4O[C@H]5CC(=O)[C@H](C)O[C@@H]5O[C@@H]4[C@@H](C)O2)c(O)c1C3=O. The number of phenolic OH excluding ortho intramolecular Hbond substituents is 3. The molecule has 0 spiro atoms. The van der Waals surface area contributed by atoms with Gasteiger partial charge in [-0.05, 0) is 50.6 Å². The summed E-state index contributed by atoms with van der Waals surface area (Å²) in [5.74, 6) is -2.26. The summed E-state index contributed by atoms with van der Waals surface area (Å²) in [6, 6.07) is 7.49. The molecular weight excluding hydrogens is 532 g/mol. The fourth-order valence-electron chi connectivity index (χ4n) is 6.58. The Morgan fingerprint density at radius 2 is 1.51 bits per heavy atom. The van der Waals surface area contributed by atoms with Crippen molar-refractivity contribution in [2.75, 3.05) is 0 Å². The minimum Gasteiger partial charge on any atom is -0.507 e. The third-order valence-corrected chi connectivity index (χ3v) is 8.64. The van der Waals surface area contributed by atoms with E-state index in [9.17, 15) is 29.7 Å². The summed E-state index contributed by atoms with van der Waals surface area (Å²) in [5, 5.41) is 33.4. The maximum atomic E-state index is 13.8. The van der Waals surface area contributed by atoms with Crippen LogP contribution in [0.1, 0.15) is 75.8 Å². The van der Waals surface area contributed by atoms with Crippen LogP contribution in [0.15, 0.2) is 30.3 Å². The van der Waals surface area contributed by atoms with Gasteiger partial charge in [-0.1, -0.05) is 6.07 Å². The van der Waals surface area contributed by atoms with Crippen molar-refractivity contribution in [2.24, 2.45) is 0 Å². The van der Waals surface area contributed by atoms with Crippen LogP contribution < -0.4 is 0 Å². The largest absolute Gasteiger partial charge is 0.507 e. The van der Waals surface area contributed by atoms with Crippen molar-refractivity contribution in [3.8, 4) is 17.2 Å². The minimum atomic E-state index is -0.697. The maximum Gasteiger partial charge on any atom is 0.198 e. The van der Waals surface area contributed by atoms with Crippen LogP contribution >= 0.6 is 0 Å². The molecule has 0 bridgehead atoms. The summed E-state index contributed by atoms with van der Waals surface area (Å²) >= 11 is 0. The van der Waals surface area contributed by atoms with E-state index in [0.717, 1.165) is 0 Å². The molecule has 41 heavy (non-hydrogen) atoms. The van der Waals surface area contributed by atoms with E-state index in [1.807, 2.05) is 6.92 Å². The van der Waals surface area contributed by atoms with Gasteiger partial charge in [0.15, 0.2) is 23.6 Å². The molecule has 0 aromatic heterocycles. The van der Waals surface area contributed by atoms with Crippen LogP contribution in [0.25, 0.3) is 10.8 Å². The quantitative estimate of drug-likeness (QED) is 0.314. The number of carbonyl (C=O) groups excluding carboxylic acids is 3. The Kier molecular flexibility index (Phi) is 5.78. The predicted octanol–water partition coefficient (Wildman–Crippen LogP) is 3.75. The topological polar surface area (TPSA) is 149 Å². The Hall–Kier alpha value is -3.83. The number of phenols is 3. The first-order valence-corrected chi connectivity index (χ1v) is 13.6. The zero-order chi connectivity index (χ0) is 28.9. The molecule has 212 valence electrons. The van der Waals surface area contributed by atoms with Crippen molar-refractivity contribution in [3.05, 3.63) is 63.7 Å². The van der Waals surface area contributed by atoms with Gasteiger partial charge in [0.05, 0.1) is 29.4 Å². The van der Waals surface area contributed by atoms with Crippen LogP contribution in [0.5, 0.6) is 17.2 Å². The highest BCUT2D eigenvalue weighted by Gasteiger charge is 2.50. The highest BCUT2D eigenvalue weighted by molar-refractivity contribution is 6.32. The zero-order valence-corrected chi connectivity index (χ0v) is 22.5. The Bertz CT molecular complexity index is 1680. The third-order valence-electron chi connectivity index (χ3n) is 8.64. The number of carbonyl (C=O) groups is 3. The fraction of sp³-hybridized carbons (Fsp3) is 0.387. The first-order valence-electron chi connectivity index (χ1n) is 13.6. The van der Waals surface area contributed by atoms with Crippen LogP contribution in [0, 0.1) is 6.92 Å². The van der Waals surface area contributed by atoms with E-state index < -0.39 is 66.0 Å². The van der Waals surface area contributed by atoms with Gasteiger partial charge in [0.2, 0.25) is 0 Å². The van der Waals surface area contributed by atoms with E-state index in [1.54, 1.807) is 19.9 Å². The molecule has 10 nitrogen and oxygen atoms in total. The molecule has 4 aliphatic rings. The summed E-state index contributed by atoms with van der Waals surface area (Å²) in [5.41, 5.74) is 0.472. The van der Waals surface area contributed by atoms with Crippen LogP contribution in [0.3, 0.4) is 0 Å². The standard InChI is InChI=1S/C31H28O10/c1-11-6-17-16(20(33)7-11)8-18-25(28(17)36)27(35)15-5-4-14(26(34)24(15)29(18)37)21-10-22-30(13(3)38-21)41-31-23(40-22)9-19(32)12(2)39-31/h4-8,12-13,21-23,30-31,33-34,36H,9-10H2,1-3H3/t12-,13+,21+,22+,23-,30+,31+/m0/s1. The first kappa shape index (κ1) is 26.1. The van der Waals surface area contributed by atoms with Crippen molar-refractivity contribution in [2.45, 2.75) is 76.5 Å². The predicted molar refractivity (Wildman–Crippen MR) is 142 cm³/mol. The molecule has 7 atom stereocenters. The Balaban J connectivity index is 1.24. The van der Waals surface area contributed by atoms with E-state index >= 15 is 0 Å². The first-order chi connectivity index (χ1) is 19.5. The van der Waals surface area contributed by atoms with Crippen LogP contribution in [0.4, 0.5) is 0 Å². The second-order valence-electron chi connectivity index (χ2n) is 11.3. The Morgan fingerprint density at radius 3 is 2.29 bits per heavy atom. The van der Waals surface area contributed by atoms with E-state index in [1.165, 1.54) is 24.3 Å². The van der Waals surface area contributed by atoms with Crippen molar-refractivity contribution >= 4 is 28.1 Å². The number of aromatic hydroxyl groups is 3. The number of ether oxygens (including phenoxy) is 4. The number of rotatable bonds is 1. The molecular formula is C31H28O10. The van der Waals surface area contributed by atoms with Gasteiger partial charge in [0.1, 0.15) is 35.6 Å². The molecule has 3 aliphatic heterocycles. The lowest BCUT2D eigenvalue weighted by atomic mass is 9.79. The molecule has 3 fully saturated rings. The van der Waals surface area contributed by atoms with Gasteiger partial charge >= 0.3 is 0 Å². The second-order valence-corrected chi connectivity index (χ2v) is 11.3. The van der Waals surface area contributed by atoms with Gasteiger partial charge in [-0.25, -0.2) is 0 Å². The molecule has 0 amide bonds. The summed E-state index contributed by atoms with van der Waals surface area (Å²) < 4.78 is 24.3. The molecule has 3 heterocycles. The molecule has 3 aromatic rings. The van der Waals surface area contributed by atoms with Crippen LogP contribution in [-0.2, 0) is 23.7 Å². The van der Waals surface area contributed by atoms with Crippen LogP contribution in [0.2, 0.25) is 0 Å². The molecule has 3 saturated heterocycles. The number of Topliss-reactive ketones (excluding diaryl/α,β-unsaturated/α-hetero) is 1. The Labute approximate surface area is 234 Å². The van der Waals surface area contributed by atoms with E-state index in [-0.39, 0.29) is 57.4 Å².